The van der Waals surface area contributed by atoms with Crippen molar-refractivity contribution in [1.82, 2.24) is 0 Å². The van der Waals surface area contributed by atoms with Crippen molar-refractivity contribution >= 4 is 35.8 Å². The summed E-state index contributed by atoms with van der Waals surface area (Å²) in [4.78, 5) is 10.2. The maximum Gasteiger partial charge on any atom is 0.380 e. The van der Waals surface area contributed by atoms with E-state index in [0.29, 0.717) is 0 Å². The van der Waals surface area contributed by atoms with E-state index >= 15 is 0 Å². The van der Waals surface area contributed by atoms with Gasteiger partial charge in [-0.15, -0.1) is 0 Å². The van der Waals surface area contributed by atoms with Crippen molar-refractivity contribution in [2.75, 3.05) is 14.2 Å². The van der Waals surface area contributed by atoms with E-state index in [1.165, 1.54) is 32.4 Å². The molecule has 0 aliphatic rings. The van der Waals surface area contributed by atoms with Crippen molar-refractivity contribution in [1.29, 1.82) is 0 Å². The van der Waals surface area contributed by atoms with Gasteiger partial charge in [0.15, 0.2) is 0 Å². The van der Waals surface area contributed by atoms with Crippen molar-refractivity contribution in [3.05, 3.63) is 33.3 Å². The highest BCUT2D eigenvalue weighted by molar-refractivity contribution is 8.07. The van der Waals surface area contributed by atoms with E-state index in [2.05, 4.69) is 0 Å². The molecule has 0 heterocycles. The number of nitrogens with zero attached hydrogens (tertiary/aromatic N) is 1. The molecule has 0 atom stereocenters. The first-order valence-electron chi connectivity index (χ1n) is 4.27. The van der Waals surface area contributed by atoms with Crippen LogP contribution in [0.15, 0.2) is 18.2 Å². The van der Waals surface area contributed by atoms with E-state index in [1.807, 2.05) is 0 Å². The normalized spacial score (nSPS) is 11.2. The third kappa shape index (κ3) is 3.62. The molecule has 1 rings (SSSR count). The smallest absolute Gasteiger partial charge is 0.380 e. The number of benzene rings is 1. The predicted molar refractivity (Wildman–Crippen MR) is 67.0 cm³/mol. The number of nitro groups is 1. The zero-order valence-corrected chi connectivity index (χ0v) is 11.4. The van der Waals surface area contributed by atoms with Crippen molar-refractivity contribution in [3.63, 3.8) is 0 Å². The molecular formula is C8H9ClNO5PS. The lowest BCUT2D eigenvalue weighted by molar-refractivity contribution is -0.385. The Morgan fingerprint density at radius 2 is 2.00 bits per heavy atom. The molecule has 94 valence electrons. The minimum absolute atomic E-state index is 0.0357. The van der Waals surface area contributed by atoms with E-state index in [0.717, 1.165) is 0 Å². The third-order valence-corrected chi connectivity index (χ3v) is 4.44. The fourth-order valence-electron chi connectivity index (χ4n) is 0.980. The molecule has 0 fully saturated rings. The molecule has 0 bridgehead atoms. The van der Waals surface area contributed by atoms with Crippen molar-refractivity contribution < 1.29 is 18.5 Å². The van der Waals surface area contributed by atoms with Crippen LogP contribution in [0.4, 0.5) is 5.69 Å². The Morgan fingerprint density at radius 3 is 2.47 bits per heavy atom. The molecule has 0 radical (unpaired) electrons. The Kier molecular flexibility index (Phi) is 4.85. The average molecular weight is 298 g/mol. The number of hydrogen-bond acceptors (Lipinski definition) is 6. The fraction of sp³-hybridized carbons (Fsp3) is 0.250. The second kappa shape index (κ2) is 5.75. The molecule has 0 aromatic heterocycles. The van der Waals surface area contributed by atoms with E-state index in [1.54, 1.807) is 0 Å². The Labute approximate surface area is 108 Å². The summed E-state index contributed by atoms with van der Waals surface area (Å²) in [5.74, 6) is -0.0357. The summed E-state index contributed by atoms with van der Waals surface area (Å²) in [6.07, 6.45) is 0. The van der Waals surface area contributed by atoms with Gasteiger partial charge in [0.25, 0.3) is 0 Å². The molecular weight excluding hydrogens is 289 g/mol. The van der Waals surface area contributed by atoms with Gasteiger partial charge in [-0.1, -0.05) is 11.6 Å². The number of halogens is 1. The van der Waals surface area contributed by atoms with E-state index in [9.17, 15) is 10.1 Å². The summed E-state index contributed by atoms with van der Waals surface area (Å²) >= 11 is 10.6. The highest BCUT2D eigenvalue weighted by atomic mass is 35.5. The van der Waals surface area contributed by atoms with Crippen LogP contribution in [0.3, 0.4) is 0 Å². The fourth-order valence-corrected chi connectivity index (χ4v) is 2.08. The highest BCUT2D eigenvalue weighted by Crippen LogP contribution is 2.50. The van der Waals surface area contributed by atoms with Crippen molar-refractivity contribution in [2.45, 2.75) is 0 Å². The van der Waals surface area contributed by atoms with Crippen LogP contribution in [-0.4, -0.2) is 19.1 Å². The van der Waals surface area contributed by atoms with Gasteiger partial charge in [0.2, 0.25) is 5.75 Å². The molecule has 0 N–H and O–H groups in total. The summed E-state index contributed by atoms with van der Waals surface area (Å²) in [6, 6.07) is 3.97. The van der Waals surface area contributed by atoms with Gasteiger partial charge >= 0.3 is 12.4 Å². The van der Waals surface area contributed by atoms with Crippen LogP contribution in [0, 0.1) is 10.1 Å². The molecule has 1 aromatic carbocycles. The first kappa shape index (κ1) is 14.3. The molecule has 0 saturated heterocycles. The second-order valence-corrected chi connectivity index (χ2v) is 6.36. The standard InChI is InChI=1S/C8H9ClNO5PS/c1-13-16(17,14-2)15-8-4-3-6(9)5-7(8)10(11)12/h3-5H,1-2H3. The molecule has 0 amide bonds. The number of rotatable bonds is 5. The maximum absolute atomic E-state index is 10.8. The molecule has 9 heteroatoms. The van der Waals surface area contributed by atoms with Gasteiger partial charge in [0, 0.05) is 37.1 Å². The molecule has 0 spiro atoms. The molecule has 0 aliphatic heterocycles. The molecule has 0 unspecified atom stereocenters. The lowest BCUT2D eigenvalue weighted by atomic mass is 10.3. The van der Waals surface area contributed by atoms with Gasteiger partial charge in [0.05, 0.1) is 4.92 Å². The summed E-state index contributed by atoms with van der Waals surface area (Å²) in [6.45, 7) is -3.00. The van der Waals surface area contributed by atoms with Crippen LogP contribution in [0.2, 0.25) is 5.02 Å². The molecule has 0 aliphatic carbocycles. The van der Waals surface area contributed by atoms with E-state index in [-0.39, 0.29) is 16.5 Å². The highest BCUT2D eigenvalue weighted by Gasteiger charge is 2.24. The Balaban J connectivity index is 3.14. The van der Waals surface area contributed by atoms with Crippen molar-refractivity contribution in [3.8, 4) is 5.75 Å². The van der Waals surface area contributed by atoms with E-state index in [4.69, 9.17) is 37.0 Å². The summed E-state index contributed by atoms with van der Waals surface area (Å²) in [5.41, 5.74) is -0.291. The minimum Gasteiger partial charge on any atom is -0.417 e. The Bertz CT molecular complexity index is 475. The lowest BCUT2D eigenvalue weighted by Gasteiger charge is -2.17. The summed E-state index contributed by atoms with van der Waals surface area (Å²) < 4.78 is 15.0. The summed E-state index contributed by atoms with van der Waals surface area (Å²) in [5, 5.41) is 11.0. The molecule has 17 heavy (non-hydrogen) atoms. The Hall–Kier alpha value is -0.720. The van der Waals surface area contributed by atoms with Crippen molar-refractivity contribution in [2.24, 2.45) is 0 Å². The van der Waals surface area contributed by atoms with Crippen LogP contribution in [-0.2, 0) is 20.9 Å². The van der Waals surface area contributed by atoms with Gasteiger partial charge in [-0.05, 0) is 12.1 Å². The van der Waals surface area contributed by atoms with Crippen LogP contribution in [0.5, 0.6) is 5.75 Å². The summed E-state index contributed by atoms with van der Waals surface area (Å²) in [7, 11) is 2.62. The molecule has 1 aromatic rings. The van der Waals surface area contributed by atoms with Gasteiger partial charge in [-0.3, -0.25) is 10.1 Å². The first-order valence-corrected chi connectivity index (χ1v) is 7.20. The maximum atomic E-state index is 10.8. The second-order valence-electron chi connectivity index (χ2n) is 2.77. The monoisotopic (exact) mass is 297 g/mol. The minimum atomic E-state index is -3.00. The zero-order valence-electron chi connectivity index (χ0n) is 8.95. The first-order chi connectivity index (χ1) is 7.91. The average Bonchev–Trinajstić information content (AvgIpc) is 2.31. The molecule has 6 nitrogen and oxygen atoms in total. The van der Waals surface area contributed by atoms with Gasteiger partial charge in [-0.25, -0.2) is 0 Å². The topological polar surface area (TPSA) is 70.8 Å². The van der Waals surface area contributed by atoms with Crippen LogP contribution < -0.4 is 4.52 Å². The van der Waals surface area contributed by atoms with Crippen LogP contribution >= 0.6 is 18.3 Å². The Morgan fingerprint density at radius 1 is 1.41 bits per heavy atom. The van der Waals surface area contributed by atoms with Crippen LogP contribution in [0.25, 0.3) is 0 Å². The van der Waals surface area contributed by atoms with Gasteiger partial charge in [-0.2, -0.15) is 0 Å². The SMILES string of the molecule is COP(=S)(OC)Oc1ccc(Cl)cc1[N+](=O)[O-]. The third-order valence-electron chi connectivity index (χ3n) is 1.78. The lowest BCUT2D eigenvalue weighted by Crippen LogP contribution is -1.99. The van der Waals surface area contributed by atoms with Crippen LogP contribution in [0.1, 0.15) is 0 Å². The number of nitro benzene ring substituents is 1. The predicted octanol–water partition coefficient (Wildman–Crippen LogP) is 3.14. The molecule has 0 saturated carbocycles. The zero-order chi connectivity index (χ0) is 13.1. The van der Waals surface area contributed by atoms with Gasteiger partial charge < -0.3 is 13.6 Å². The van der Waals surface area contributed by atoms with Gasteiger partial charge in [0.1, 0.15) is 0 Å². The van der Waals surface area contributed by atoms with E-state index < -0.39 is 11.6 Å². The number of hydrogen-bond donors (Lipinski definition) is 0. The largest absolute Gasteiger partial charge is 0.417 e. The quantitative estimate of drug-likeness (QED) is 0.472.